The fraction of sp³-hybridized carbons (Fsp3) is 0.588. The zero-order valence-corrected chi connectivity index (χ0v) is 13.0. The van der Waals surface area contributed by atoms with Crippen LogP contribution < -0.4 is 4.74 Å². The highest BCUT2D eigenvalue weighted by Gasteiger charge is 2.26. The summed E-state index contributed by atoms with van der Waals surface area (Å²) in [5.74, 6) is 1.00. The van der Waals surface area contributed by atoms with E-state index in [1.165, 1.54) is 0 Å². The molecule has 0 bridgehead atoms. The summed E-state index contributed by atoms with van der Waals surface area (Å²) in [6, 6.07) is 7.84. The molecular weight excluding hydrogens is 266 g/mol. The maximum atomic E-state index is 12.3. The Kier molecular flexibility index (Phi) is 5.23. The second-order valence-electron chi connectivity index (χ2n) is 6.08. The summed E-state index contributed by atoms with van der Waals surface area (Å²) in [4.78, 5) is 14.2. The number of rotatable bonds is 4. The molecule has 4 heteroatoms. The molecule has 1 heterocycles. The van der Waals surface area contributed by atoms with Gasteiger partial charge in [-0.1, -0.05) is 12.1 Å². The summed E-state index contributed by atoms with van der Waals surface area (Å²) in [5, 5.41) is 10.1. The summed E-state index contributed by atoms with van der Waals surface area (Å²) < 4.78 is 5.19. The van der Waals surface area contributed by atoms with Gasteiger partial charge in [-0.05, 0) is 50.3 Å². The molecule has 1 unspecified atom stereocenters. The van der Waals surface area contributed by atoms with Gasteiger partial charge in [-0.3, -0.25) is 4.79 Å². The van der Waals surface area contributed by atoms with Gasteiger partial charge in [-0.25, -0.2) is 0 Å². The van der Waals surface area contributed by atoms with Crippen molar-refractivity contribution in [3.63, 3.8) is 0 Å². The number of carbonyl (C=O) groups excluding carboxylic acids is 1. The lowest BCUT2D eigenvalue weighted by Crippen LogP contribution is -2.33. The molecule has 0 aromatic heterocycles. The summed E-state index contributed by atoms with van der Waals surface area (Å²) in [6.45, 7) is 3.27. The number of hydrogen-bond donors (Lipinski definition) is 1. The van der Waals surface area contributed by atoms with Crippen molar-refractivity contribution in [2.24, 2.45) is 0 Å². The number of nitrogens with zero attached hydrogens (tertiary/aromatic N) is 1. The van der Waals surface area contributed by atoms with Crippen molar-refractivity contribution in [2.75, 3.05) is 20.2 Å². The first-order valence-electron chi connectivity index (χ1n) is 7.63. The average molecular weight is 291 g/mol. The number of aliphatic hydroxyl groups is 1. The van der Waals surface area contributed by atoms with Gasteiger partial charge in [0.25, 0.3) is 0 Å². The van der Waals surface area contributed by atoms with Crippen LogP contribution in [0.5, 0.6) is 5.75 Å². The lowest BCUT2D eigenvalue weighted by Gasteiger charge is -2.22. The quantitative estimate of drug-likeness (QED) is 0.926. The molecular formula is C17H25NO3. The monoisotopic (exact) mass is 291 g/mol. The van der Waals surface area contributed by atoms with Crippen LogP contribution in [-0.2, 0) is 11.2 Å². The van der Waals surface area contributed by atoms with Gasteiger partial charge in [0, 0.05) is 19.5 Å². The van der Waals surface area contributed by atoms with E-state index >= 15 is 0 Å². The van der Waals surface area contributed by atoms with E-state index in [4.69, 9.17) is 4.74 Å². The maximum absolute atomic E-state index is 12.3. The van der Waals surface area contributed by atoms with E-state index in [1.807, 2.05) is 36.1 Å². The van der Waals surface area contributed by atoms with Crippen LogP contribution in [0.15, 0.2) is 24.3 Å². The van der Waals surface area contributed by atoms with Crippen molar-refractivity contribution in [3.05, 3.63) is 29.8 Å². The fourth-order valence-corrected chi connectivity index (χ4v) is 2.75. The Balaban J connectivity index is 1.86. The lowest BCUT2D eigenvalue weighted by atomic mass is 9.98. The molecule has 1 atom stereocenters. The van der Waals surface area contributed by atoms with Crippen molar-refractivity contribution in [3.8, 4) is 5.75 Å². The predicted octanol–water partition coefficient (Wildman–Crippen LogP) is 2.39. The molecule has 21 heavy (non-hydrogen) atoms. The number of methoxy groups -OCH3 is 1. The Bertz CT molecular complexity index is 485. The molecule has 1 aromatic rings. The van der Waals surface area contributed by atoms with E-state index < -0.39 is 5.60 Å². The molecule has 1 aliphatic rings. The molecule has 0 saturated carbocycles. The van der Waals surface area contributed by atoms with Crippen LogP contribution in [0.3, 0.4) is 0 Å². The van der Waals surface area contributed by atoms with Crippen molar-refractivity contribution < 1.29 is 14.6 Å². The number of aryl methyl sites for hydroxylation is 1. The SMILES string of the molecule is COc1cccc(CCC(=O)N2CCCC(C)(O)CC2)c1. The number of likely N-dealkylation sites (tertiary alicyclic amines) is 1. The van der Waals surface area contributed by atoms with E-state index in [2.05, 4.69) is 0 Å². The van der Waals surface area contributed by atoms with Gasteiger partial charge in [0.2, 0.25) is 5.91 Å². The Hall–Kier alpha value is -1.55. The lowest BCUT2D eigenvalue weighted by molar-refractivity contribution is -0.131. The van der Waals surface area contributed by atoms with Crippen molar-refractivity contribution >= 4 is 5.91 Å². The zero-order chi connectivity index (χ0) is 15.3. The smallest absolute Gasteiger partial charge is 0.222 e. The Morgan fingerprint density at radius 2 is 2.19 bits per heavy atom. The van der Waals surface area contributed by atoms with Gasteiger partial charge in [-0.2, -0.15) is 0 Å². The van der Waals surface area contributed by atoms with Gasteiger partial charge in [0.05, 0.1) is 12.7 Å². The van der Waals surface area contributed by atoms with Crippen molar-refractivity contribution in [2.45, 2.75) is 44.6 Å². The predicted molar refractivity (Wildman–Crippen MR) is 82.4 cm³/mol. The van der Waals surface area contributed by atoms with E-state index in [1.54, 1.807) is 7.11 Å². The van der Waals surface area contributed by atoms with Crippen LogP contribution >= 0.6 is 0 Å². The first-order chi connectivity index (χ1) is 10.00. The molecule has 0 radical (unpaired) electrons. The second kappa shape index (κ2) is 6.94. The number of benzene rings is 1. The van der Waals surface area contributed by atoms with E-state index in [0.29, 0.717) is 19.4 Å². The maximum Gasteiger partial charge on any atom is 0.222 e. The summed E-state index contributed by atoms with van der Waals surface area (Å²) in [7, 11) is 1.65. The molecule has 2 rings (SSSR count). The highest BCUT2D eigenvalue weighted by molar-refractivity contribution is 5.76. The minimum absolute atomic E-state index is 0.176. The highest BCUT2D eigenvalue weighted by atomic mass is 16.5. The average Bonchev–Trinajstić information content (AvgIpc) is 2.66. The first kappa shape index (κ1) is 15.8. The number of hydrogen-bond acceptors (Lipinski definition) is 3. The van der Waals surface area contributed by atoms with Gasteiger partial charge in [0.1, 0.15) is 5.75 Å². The largest absolute Gasteiger partial charge is 0.497 e. The van der Waals surface area contributed by atoms with Crippen molar-refractivity contribution in [1.29, 1.82) is 0 Å². The van der Waals surface area contributed by atoms with Crippen LogP contribution in [0, 0.1) is 0 Å². The third-order valence-corrected chi connectivity index (χ3v) is 4.18. The van der Waals surface area contributed by atoms with Crippen molar-refractivity contribution in [1.82, 2.24) is 4.90 Å². The summed E-state index contributed by atoms with van der Waals surface area (Å²) in [5.41, 5.74) is 0.492. The second-order valence-corrected chi connectivity index (χ2v) is 6.08. The molecule has 0 aliphatic carbocycles. The standard InChI is InChI=1S/C17H25NO3/c1-17(20)9-4-11-18(12-10-17)16(19)8-7-14-5-3-6-15(13-14)21-2/h3,5-6,13,20H,4,7-12H2,1-2H3. The molecule has 1 aromatic carbocycles. The molecule has 0 spiro atoms. The van der Waals surface area contributed by atoms with Gasteiger partial charge in [-0.15, -0.1) is 0 Å². The molecule has 1 amide bonds. The van der Waals surface area contributed by atoms with Crippen LogP contribution in [0.25, 0.3) is 0 Å². The Morgan fingerprint density at radius 3 is 2.95 bits per heavy atom. The van der Waals surface area contributed by atoms with Crippen LogP contribution in [0.2, 0.25) is 0 Å². The summed E-state index contributed by atoms with van der Waals surface area (Å²) in [6.07, 6.45) is 3.54. The number of ether oxygens (including phenoxy) is 1. The Labute approximate surface area is 126 Å². The molecule has 1 saturated heterocycles. The van der Waals surface area contributed by atoms with Gasteiger partial charge < -0.3 is 14.7 Å². The van der Waals surface area contributed by atoms with Crippen LogP contribution in [0.4, 0.5) is 0 Å². The van der Waals surface area contributed by atoms with Gasteiger partial charge in [0.15, 0.2) is 0 Å². The van der Waals surface area contributed by atoms with E-state index in [0.717, 1.165) is 37.1 Å². The molecule has 1 N–H and O–H groups in total. The first-order valence-corrected chi connectivity index (χ1v) is 7.63. The van der Waals surface area contributed by atoms with Crippen LogP contribution in [0.1, 0.15) is 38.2 Å². The molecule has 1 fully saturated rings. The normalized spacial score (nSPS) is 22.7. The third kappa shape index (κ3) is 4.74. The van der Waals surface area contributed by atoms with E-state index in [-0.39, 0.29) is 5.91 Å². The van der Waals surface area contributed by atoms with E-state index in [9.17, 15) is 9.90 Å². The highest BCUT2D eigenvalue weighted by Crippen LogP contribution is 2.22. The molecule has 4 nitrogen and oxygen atoms in total. The molecule has 116 valence electrons. The van der Waals surface area contributed by atoms with Crippen LogP contribution in [-0.4, -0.2) is 41.7 Å². The van der Waals surface area contributed by atoms with Gasteiger partial charge >= 0.3 is 0 Å². The zero-order valence-electron chi connectivity index (χ0n) is 13.0. The number of carbonyl (C=O) groups is 1. The summed E-state index contributed by atoms with van der Waals surface area (Å²) >= 11 is 0. The topological polar surface area (TPSA) is 49.8 Å². The minimum atomic E-state index is -0.623. The third-order valence-electron chi connectivity index (χ3n) is 4.18. The number of amides is 1. The Morgan fingerprint density at radius 1 is 1.38 bits per heavy atom. The fourth-order valence-electron chi connectivity index (χ4n) is 2.75. The minimum Gasteiger partial charge on any atom is -0.497 e. The molecule has 1 aliphatic heterocycles.